The van der Waals surface area contributed by atoms with Crippen LogP contribution in [0.4, 0.5) is 5.69 Å². The van der Waals surface area contributed by atoms with E-state index in [0.29, 0.717) is 0 Å². The van der Waals surface area contributed by atoms with Crippen molar-refractivity contribution in [1.29, 1.82) is 0 Å². The molecule has 0 radical (unpaired) electrons. The van der Waals surface area contributed by atoms with Gasteiger partial charge in [-0.1, -0.05) is 42.8 Å². The Balaban J connectivity index is 1.80. The third-order valence-electron chi connectivity index (χ3n) is 4.53. The van der Waals surface area contributed by atoms with Crippen molar-refractivity contribution in [3.8, 4) is 0 Å². The summed E-state index contributed by atoms with van der Waals surface area (Å²) < 4.78 is 0. The molecule has 1 fully saturated rings. The topological polar surface area (TPSA) is 23.5 Å². The molecule has 0 heterocycles. The summed E-state index contributed by atoms with van der Waals surface area (Å²) in [5, 5.41) is 10.6. The largest absolute Gasteiger partial charge is 0.384 e. The number of aliphatic hydroxyl groups is 1. The maximum atomic E-state index is 10.6. The molecule has 0 spiro atoms. The number of hydrogen-bond donors (Lipinski definition) is 1. The quantitative estimate of drug-likeness (QED) is 0.912. The second-order valence-corrected chi connectivity index (χ2v) is 6.19. The van der Waals surface area contributed by atoms with Gasteiger partial charge in [-0.2, -0.15) is 0 Å². The molecule has 1 aliphatic rings. The standard InChI is InChI=1S/C19H23NO/c1-20(2)18-8-4-7-17(13-18)19(21)16-11-9-15(10-12-16)14-5-3-6-14/h4,7-14,19,21H,3,5-6H2,1-2H3. The van der Waals surface area contributed by atoms with E-state index in [9.17, 15) is 5.11 Å². The fourth-order valence-corrected chi connectivity index (χ4v) is 2.86. The summed E-state index contributed by atoms with van der Waals surface area (Å²) in [4.78, 5) is 2.05. The van der Waals surface area contributed by atoms with E-state index in [4.69, 9.17) is 0 Å². The third kappa shape index (κ3) is 2.96. The SMILES string of the molecule is CN(C)c1cccc(C(O)c2ccc(C3CCC3)cc2)c1. The Hall–Kier alpha value is -1.80. The van der Waals surface area contributed by atoms with Crippen molar-refractivity contribution in [1.82, 2.24) is 0 Å². The van der Waals surface area contributed by atoms with Crippen molar-refractivity contribution in [2.75, 3.05) is 19.0 Å². The Morgan fingerprint density at radius 2 is 1.71 bits per heavy atom. The summed E-state index contributed by atoms with van der Waals surface area (Å²) in [6, 6.07) is 16.6. The van der Waals surface area contributed by atoms with Crippen molar-refractivity contribution in [3.63, 3.8) is 0 Å². The fraction of sp³-hybridized carbons (Fsp3) is 0.368. The van der Waals surface area contributed by atoms with E-state index in [0.717, 1.165) is 22.7 Å². The van der Waals surface area contributed by atoms with E-state index in [1.54, 1.807) is 0 Å². The van der Waals surface area contributed by atoms with Gasteiger partial charge in [0.2, 0.25) is 0 Å². The van der Waals surface area contributed by atoms with E-state index in [1.165, 1.54) is 24.8 Å². The van der Waals surface area contributed by atoms with Crippen LogP contribution in [-0.4, -0.2) is 19.2 Å². The van der Waals surface area contributed by atoms with Crippen molar-refractivity contribution in [2.24, 2.45) is 0 Å². The Bertz CT molecular complexity index is 599. The highest BCUT2D eigenvalue weighted by atomic mass is 16.3. The van der Waals surface area contributed by atoms with Gasteiger partial charge in [0.1, 0.15) is 6.10 Å². The van der Waals surface area contributed by atoms with Crippen LogP contribution in [0, 0.1) is 0 Å². The first-order chi connectivity index (χ1) is 10.1. The average molecular weight is 281 g/mol. The Kier molecular flexibility index (Phi) is 3.98. The second kappa shape index (κ2) is 5.90. The first-order valence-electron chi connectivity index (χ1n) is 7.70. The number of anilines is 1. The van der Waals surface area contributed by atoms with Crippen LogP contribution in [0.5, 0.6) is 0 Å². The first-order valence-corrected chi connectivity index (χ1v) is 7.70. The molecular formula is C19H23NO. The van der Waals surface area contributed by atoms with Gasteiger partial charge in [0.05, 0.1) is 0 Å². The molecule has 2 heteroatoms. The summed E-state index contributed by atoms with van der Waals surface area (Å²) in [5.74, 6) is 0.744. The molecule has 0 bridgehead atoms. The molecule has 0 aliphatic heterocycles. The predicted octanol–water partition coefficient (Wildman–Crippen LogP) is 4.10. The van der Waals surface area contributed by atoms with Gasteiger partial charge in [-0.05, 0) is 47.6 Å². The minimum absolute atomic E-state index is 0.555. The van der Waals surface area contributed by atoms with Crippen LogP contribution >= 0.6 is 0 Å². The molecule has 1 unspecified atom stereocenters. The molecule has 0 amide bonds. The average Bonchev–Trinajstić information content (AvgIpc) is 2.46. The predicted molar refractivity (Wildman–Crippen MR) is 87.9 cm³/mol. The van der Waals surface area contributed by atoms with Crippen LogP contribution in [0.2, 0.25) is 0 Å². The zero-order valence-electron chi connectivity index (χ0n) is 12.8. The summed E-state index contributed by atoms with van der Waals surface area (Å²) >= 11 is 0. The molecule has 3 rings (SSSR count). The van der Waals surface area contributed by atoms with Gasteiger partial charge in [0.25, 0.3) is 0 Å². The Morgan fingerprint density at radius 3 is 2.29 bits per heavy atom. The van der Waals surface area contributed by atoms with Crippen LogP contribution in [-0.2, 0) is 0 Å². The summed E-state index contributed by atoms with van der Waals surface area (Å²) in [6.07, 6.45) is 3.42. The molecule has 21 heavy (non-hydrogen) atoms. The van der Waals surface area contributed by atoms with Gasteiger partial charge in [-0.3, -0.25) is 0 Å². The number of nitrogens with zero attached hydrogens (tertiary/aromatic N) is 1. The van der Waals surface area contributed by atoms with Crippen LogP contribution in [0.15, 0.2) is 48.5 Å². The van der Waals surface area contributed by atoms with Gasteiger partial charge in [-0.25, -0.2) is 0 Å². The highest BCUT2D eigenvalue weighted by Crippen LogP contribution is 2.36. The Labute approximate surface area is 127 Å². The zero-order valence-corrected chi connectivity index (χ0v) is 12.8. The molecule has 1 aliphatic carbocycles. The van der Waals surface area contributed by atoms with Crippen molar-refractivity contribution < 1.29 is 5.11 Å². The molecule has 1 saturated carbocycles. The van der Waals surface area contributed by atoms with E-state index >= 15 is 0 Å². The van der Waals surface area contributed by atoms with E-state index in [2.05, 4.69) is 35.2 Å². The van der Waals surface area contributed by atoms with Gasteiger partial charge in [0.15, 0.2) is 0 Å². The number of aliphatic hydroxyl groups excluding tert-OH is 1. The van der Waals surface area contributed by atoms with Crippen LogP contribution in [0.3, 0.4) is 0 Å². The van der Waals surface area contributed by atoms with Crippen molar-refractivity contribution >= 4 is 5.69 Å². The summed E-state index contributed by atoms with van der Waals surface area (Å²) in [7, 11) is 4.03. The number of hydrogen-bond acceptors (Lipinski definition) is 2. The summed E-state index contributed by atoms with van der Waals surface area (Å²) in [6.45, 7) is 0. The molecule has 1 atom stereocenters. The van der Waals surface area contributed by atoms with E-state index < -0.39 is 6.10 Å². The number of rotatable bonds is 4. The minimum Gasteiger partial charge on any atom is -0.384 e. The van der Waals surface area contributed by atoms with Crippen LogP contribution in [0.1, 0.15) is 48.0 Å². The lowest BCUT2D eigenvalue weighted by atomic mass is 9.80. The molecule has 2 aromatic rings. The van der Waals surface area contributed by atoms with Crippen LogP contribution < -0.4 is 4.90 Å². The van der Waals surface area contributed by atoms with Crippen molar-refractivity contribution in [2.45, 2.75) is 31.3 Å². The molecule has 0 aromatic heterocycles. The van der Waals surface area contributed by atoms with Gasteiger partial charge < -0.3 is 10.0 Å². The van der Waals surface area contributed by atoms with Gasteiger partial charge >= 0.3 is 0 Å². The van der Waals surface area contributed by atoms with E-state index in [-0.39, 0.29) is 0 Å². The monoisotopic (exact) mass is 281 g/mol. The maximum absolute atomic E-state index is 10.6. The van der Waals surface area contributed by atoms with E-state index in [1.807, 2.05) is 32.3 Å². The highest BCUT2D eigenvalue weighted by molar-refractivity contribution is 5.49. The lowest BCUT2D eigenvalue weighted by molar-refractivity contribution is 0.220. The Morgan fingerprint density at radius 1 is 1.00 bits per heavy atom. The highest BCUT2D eigenvalue weighted by Gasteiger charge is 2.19. The molecule has 0 saturated heterocycles. The lowest BCUT2D eigenvalue weighted by Crippen LogP contribution is -2.10. The molecule has 2 nitrogen and oxygen atoms in total. The van der Waals surface area contributed by atoms with Crippen molar-refractivity contribution in [3.05, 3.63) is 65.2 Å². The number of benzene rings is 2. The fourth-order valence-electron chi connectivity index (χ4n) is 2.86. The lowest BCUT2D eigenvalue weighted by Gasteiger charge is -2.26. The smallest absolute Gasteiger partial charge is 0.104 e. The normalized spacial score (nSPS) is 16.3. The van der Waals surface area contributed by atoms with Crippen LogP contribution in [0.25, 0.3) is 0 Å². The molecular weight excluding hydrogens is 258 g/mol. The summed E-state index contributed by atoms with van der Waals surface area (Å²) in [5.41, 5.74) is 4.43. The third-order valence-corrected chi connectivity index (χ3v) is 4.53. The molecule has 110 valence electrons. The maximum Gasteiger partial charge on any atom is 0.104 e. The van der Waals surface area contributed by atoms with Gasteiger partial charge in [-0.15, -0.1) is 0 Å². The zero-order chi connectivity index (χ0) is 14.8. The molecule has 2 aromatic carbocycles. The molecule has 1 N–H and O–H groups in total. The van der Waals surface area contributed by atoms with Gasteiger partial charge in [0, 0.05) is 19.8 Å². The minimum atomic E-state index is -0.555. The first kappa shape index (κ1) is 14.2. The second-order valence-electron chi connectivity index (χ2n) is 6.19.